The highest BCUT2D eigenvalue weighted by atomic mass is 35.5. The number of hydrogen-bond acceptors (Lipinski definition) is 4. The fraction of sp³-hybridized carbons (Fsp3) is 0.259. The number of hydrogen-bond donors (Lipinski definition) is 0. The lowest BCUT2D eigenvalue weighted by Crippen LogP contribution is -2.59. The summed E-state index contributed by atoms with van der Waals surface area (Å²) >= 11 is 10.8. The molecule has 1 amide bonds. The average molecular weight is 547 g/mol. The van der Waals surface area contributed by atoms with Crippen molar-refractivity contribution in [1.82, 2.24) is 4.90 Å². The number of rotatable bonds is 6. The van der Waals surface area contributed by atoms with Gasteiger partial charge in [0.2, 0.25) is 5.78 Å². The molecule has 1 fully saturated rings. The summed E-state index contributed by atoms with van der Waals surface area (Å²) in [6, 6.07) is 17.5. The Morgan fingerprint density at radius 1 is 0.972 bits per heavy atom. The molecule has 9 heteroatoms. The van der Waals surface area contributed by atoms with E-state index in [1.165, 1.54) is 30.3 Å². The fourth-order valence-electron chi connectivity index (χ4n) is 4.38. The average Bonchev–Trinajstić information content (AvgIpc) is 2.85. The van der Waals surface area contributed by atoms with Crippen LogP contribution in [0.25, 0.3) is 0 Å². The van der Waals surface area contributed by atoms with Crippen molar-refractivity contribution in [3.8, 4) is 0 Å². The zero-order valence-electron chi connectivity index (χ0n) is 19.8. The van der Waals surface area contributed by atoms with Crippen molar-refractivity contribution in [2.75, 3.05) is 23.7 Å². The maximum Gasteiger partial charge on any atom is 0.254 e. The lowest BCUT2D eigenvalue weighted by atomic mass is 10.0. The van der Waals surface area contributed by atoms with Gasteiger partial charge in [0.15, 0.2) is 10.6 Å². The van der Waals surface area contributed by atoms with Crippen LogP contribution in [0.4, 0.5) is 10.1 Å². The highest BCUT2D eigenvalue weighted by Gasteiger charge is 2.34. The number of ketones is 1. The van der Waals surface area contributed by atoms with Crippen LogP contribution in [0.1, 0.15) is 34.6 Å². The van der Waals surface area contributed by atoms with Crippen molar-refractivity contribution in [1.29, 1.82) is 0 Å². The van der Waals surface area contributed by atoms with Crippen molar-refractivity contribution in [2.24, 2.45) is 0 Å². The summed E-state index contributed by atoms with van der Waals surface area (Å²) in [4.78, 5) is 30.0. The Morgan fingerprint density at radius 3 is 2.42 bits per heavy atom. The zero-order chi connectivity index (χ0) is 26.0. The van der Waals surface area contributed by atoms with Crippen LogP contribution in [0.5, 0.6) is 0 Å². The van der Waals surface area contributed by atoms with Gasteiger partial charge >= 0.3 is 0 Å². The third-order valence-corrected chi connectivity index (χ3v) is 8.53. The number of nitrogens with zero attached hydrogens (tertiary/aromatic N) is 2. The van der Waals surface area contributed by atoms with Gasteiger partial charge < -0.3 is 14.4 Å². The van der Waals surface area contributed by atoms with E-state index < -0.39 is 22.8 Å². The number of piperazine rings is 1. The van der Waals surface area contributed by atoms with Crippen LogP contribution in [-0.4, -0.2) is 52.1 Å². The van der Waals surface area contributed by atoms with E-state index in [9.17, 15) is 18.5 Å². The van der Waals surface area contributed by atoms with Crippen LogP contribution in [0.15, 0.2) is 71.6 Å². The van der Waals surface area contributed by atoms with E-state index in [1.54, 1.807) is 6.07 Å². The third-order valence-electron chi connectivity index (χ3n) is 6.50. The molecule has 0 aliphatic carbocycles. The SMILES string of the molecule is CC1C(C)N(c2cccc(Cl)c2)CCN1C(=O)c1ccc([S+]([O-])CC(=O)c2cccc(F)c2)c(Cl)c1. The van der Waals surface area contributed by atoms with Gasteiger partial charge in [0.1, 0.15) is 5.82 Å². The molecule has 1 saturated heterocycles. The molecular weight excluding hydrogens is 522 g/mol. The first kappa shape index (κ1) is 26.5. The summed E-state index contributed by atoms with van der Waals surface area (Å²) in [6.07, 6.45) is 0. The van der Waals surface area contributed by atoms with E-state index in [0.29, 0.717) is 23.7 Å². The molecule has 0 N–H and O–H groups in total. The quantitative estimate of drug-likeness (QED) is 0.287. The molecule has 1 aliphatic heterocycles. The van der Waals surface area contributed by atoms with Gasteiger partial charge in [-0.25, -0.2) is 4.39 Å². The maximum absolute atomic E-state index is 13.4. The molecule has 3 atom stereocenters. The van der Waals surface area contributed by atoms with Crippen molar-refractivity contribution in [3.05, 3.63) is 93.7 Å². The third kappa shape index (κ3) is 5.70. The zero-order valence-corrected chi connectivity index (χ0v) is 22.1. The molecule has 0 bridgehead atoms. The van der Waals surface area contributed by atoms with Gasteiger partial charge in [-0.2, -0.15) is 0 Å². The Hall–Kier alpha value is -2.58. The lowest BCUT2D eigenvalue weighted by molar-refractivity contribution is 0.0634. The summed E-state index contributed by atoms with van der Waals surface area (Å²) in [5.74, 6) is -1.50. The molecule has 1 heterocycles. The minimum Gasteiger partial charge on any atom is -0.611 e. The van der Waals surface area contributed by atoms with Gasteiger partial charge in [0.05, 0.1) is 5.02 Å². The van der Waals surface area contributed by atoms with E-state index >= 15 is 0 Å². The van der Waals surface area contributed by atoms with E-state index in [0.717, 1.165) is 11.8 Å². The van der Waals surface area contributed by atoms with E-state index in [1.807, 2.05) is 36.1 Å². The van der Waals surface area contributed by atoms with Gasteiger partial charge in [-0.05, 0) is 73.6 Å². The Morgan fingerprint density at radius 2 is 1.72 bits per heavy atom. The summed E-state index contributed by atoms with van der Waals surface area (Å²) in [5.41, 5.74) is 1.54. The second-order valence-electron chi connectivity index (χ2n) is 8.72. The molecule has 3 aromatic rings. The van der Waals surface area contributed by atoms with Crippen LogP contribution in [0.2, 0.25) is 10.0 Å². The molecule has 3 aromatic carbocycles. The summed E-state index contributed by atoms with van der Waals surface area (Å²) < 4.78 is 26.2. The summed E-state index contributed by atoms with van der Waals surface area (Å²) in [7, 11) is 0. The number of amides is 1. The molecule has 3 unspecified atom stereocenters. The molecule has 5 nitrogen and oxygen atoms in total. The van der Waals surface area contributed by atoms with Crippen LogP contribution in [0, 0.1) is 5.82 Å². The second kappa shape index (κ2) is 11.2. The Kier molecular flexibility index (Phi) is 8.25. The van der Waals surface area contributed by atoms with Crippen molar-refractivity contribution < 1.29 is 18.5 Å². The largest absolute Gasteiger partial charge is 0.611 e. The molecule has 0 spiro atoms. The first-order valence-electron chi connectivity index (χ1n) is 11.5. The molecule has 0 aromatic heterocycles. The van der Waals surface area contributed by atoms with Crippen LogP contribution in [0.3, 0.4) is 0 Å². The molecule has 36 heavy (non-hydrogen) atoms. The number of halogens is 3. The number of carbonyl (C=O) groups excluding carboxylic acids is 2. The monoisotopic (exact) mass is 546 g/mol. The molecule has 4 rings (SSSR count). The molecule has 1 aliphatic rings. The smallest absolute Gasteiger partial charge is 0.254 e. The molecular formula is C27H25Cl2FN2O3S. The first-order chi connectivity index (χ1) is 17.2. The Balaban J connectivity index is 1.45. The van der Waals surface area contributed by atoms with Gasteiger partial charge in [-0.1, -0.05) is 41.4 Å². The van der Waals surface area contributed by atoms with E-state index in [2.05, 4.69) is 11.8 Å². The van der Waals surface area contributed by atoms with Crippen LogP contribution in [-0.2, 0) is 11.2 Å². The highest BCUT2D eigenvalue weighted by Crippen LogP contribution is 2.29. The summed E-state index contributed by atoms with van der Waals surface area (Å²) in [6.45, 7) is 5.24. The van der Waals surface area contributed by atoms with Gasteiger partial charge in [-0.15, -0.1) is 0 Å². The number of benzene rings is 3. The topological polar surface area (TPSA) is 63.7 Å². The number of Topliss-reactive ketones (excluding diaryl/α,β-unsaturated/α-hetero) is 1. The fourth-order valence-corrected chi connectivity index (χ4v) is 6.06. The number of anilines is 1. The van der Waals surface area contributed by atoms with Crippen molar-refractivity contribution in [3.63, 3.8) is 0 Å². The van der Waals surface area contributed by atoms with Crippen LogP contribution >= 0.6 is 23.2 Å². The van der Waals surface area contributed by atoms with E-state index in [-0.39, 0.29) is 39.2 Å². The summed E-state index contributed by atoms with van der Waals surface area (Å²) in [5, 5.41) is 0.806. The standard InChI is InChI=1S/C27H25Cl2FN2O3S/c1-17-18(2)32(12-11-31(17)23-8-4-6-21(28)15-23)27(34)20-9-10-26(24(29)14-20)36(35)16-25(33)19-5-3-7-22(30)13-19/h3-10,13-15,17-18H,11-12,16H2,1-2H3. The van der Waals surface area contributed by atoms with Gasteiger partial charge in [-0.3, -0.25) is 9.59 Å². The maximum atomic E-state index is 13.4. The minimum absolute atomic E-state index is 0.0530. The minimum atomic E-state index is -1.75. The first-order valence-corrected chi connectivity index (χ1v) is 13.5. The lowest BCUT2D eigenvalue weighted by Gasteiger charge is -2.46. The van der Waals surface area contributed by atoms with Crippen molar-refractivity contribution in [2.45, 2.75) is 30.8 Å². The van der Waals surface area contributed by atoms with Crippen molar-refractivity contribution >= 4 is 51.8 Å². The molecule has 188 valence electrons. The molecule has 0 radical (unpaired) electrons. The highest BCUT2D eigenvalue weighted by molar-refractivity contribution is 7.92. The predicted molar refractivity (Wildman–Crippen MR) is 142 cm³/mol. The normalized spacial score (nSPS) is 18.7. The Labute approximate surface area is 223 Å². The van der Waals surface area contributed by atoms with E-state index in [4.69, 9.17) is 23.2 Å². The van der Waals surface area contributed by atoms with Crippen LogP contribution < -0.4 is 4.90 Å². The molecule has 0 saturated carbocycles. The second-order valence-corrected chi connectivity index (χ2v) is 11.0. The predicted octanol–water partition coefficient (Wildman–Crippen LogP) is 5.86. The van der Waals surface area contributed by atoms with Gasteiger partial charge in [0.25, 0.3) is 5.91 Å². The Bertz CT molecular complexity index is 1290. The number of carbonyl (C=O) groups is 2. The van der Waals surface area contributed by atoms with Gasteiger partial charge in [0, 0.05) is 47.0 Å².